The largest absolute Gasteiger partial charge is 0.755 e. The van der Waals surface area contributed by atoms with Crippen LogP contribution in [-0.2, 0) is 17.8 Å². The van der Waals surface area contributed by atoms with Crippen molar-refractivity contribution in [1.29, 1.82) is 0 Å². The van der Waals surface area contributed by atoms with Gasteiger partial charge in [-0.25, -0.2) is 9.37 Å². The molecule has 0 aliphatic heterocycles. The molecular formula is C25H22BFN3O6S-. The van der Waals surface area contributed by atoms with E-state index in [1.54, 1.807) is 6.07 Å². The summed E-state index contributed by atoms with van der Waals surface area (Å²) in [4.78, 5) is 17.0. The molecule has 1 unspecified atom stereocenters. The van der Waals surface area contributed by atoms with Gasteiger partial charge in [-0.1, -0.05) is 6.07 Å². The molecule has 0 bridgehead atoms. The zero-order chi connectivity index (χ0) is 26.3. The Kier molecular flexibility index (Phi) is 6.82. The molecule has 0 radical (unpaired) electrons. The molecule has 190 valence electrons. The van der Waals surface area contributed by atoms with Gasteiger partial charge in [0.05, 0.1) is 12.1 Å². The third kappa shape index (κ3) is 5.01. The Bertz CT molecular complexity index is 1490. The molecule has 9 nitrogen and oxygen atoms in total. The van der Waals surface area contributed by atoms with Gasteiger partial charge in [-0.3, -0.25) is 13.3 Å². The van der Waals surface area contributed by atoms with Gasteiger partial charge in [0.25, 0.3) is 5.91 Å². The van der Waals surface area contributed by atoms with E-state index in [1.165, 1.54) is 49.6 Å². The molecule has 1 aliphatic rings. The molecule has 3 N–H and O–H groups in total. The number of anilines is 1. The van der Waals surface area contributed by atoms with E-state index in [0.717, 1.165) is 22.7 Å². The number of aromatic nitrogens is 1. The van der Waals surface area contributed by atoms with E-state index in [9.17, 15) is 28.0 Å². The Morgan fingerprint density at radius 3 is 2.54 bits per heavy atom. The first-order valence-corrected chi connectivity index (χ1v) is 12.6. The van der Waals surface area contributed by atoms with E-state index in [2.05, 4.69) is 10.3 Å². The molecule has 1 saturated carbocycles. The van der Waals surface area contributed by atoms with Crippen molar-refractivity contribution in [2.45, 2.75) is 25.3 Å². The molecule has 4 aromatic rings. The standard InChI is InChI=1S/C25H23BFN3O6S/c1-28-25(31)23-20-11-19(14-2-3-14)16(10-21(20)36-24(23)15-4-7-18(27)8-5-15)13-30(37(34)35)22-9-6-17(12-29-22)26(32)33/h4-12,14,32-33H,2-3,13H2,1H3,(H,28,31)(H,34,35)/p-1. The van der Waals surface area contributed by atoms with Crippen LogP contribution in [0, 0.1) is 5.82 Å². The van der Waals surface area contributed by atoms with Crippen molar-refractivity contribution < 1.29 is 32.4 Å². The van der Waals surface area contributed by atoms with Crippen LogP contribution in [0.4, 0.5) is 10.2 Å². The van der Waals surface area contributed by atoms with E-state index in [0.29, 0.717) is 27.7 Å². The van der Waals surface area contributed by atoms with Crippen molar-refractivity contribution in [2.24, 2.45) is 0 Å². The molecule has 2 heterocycles. The van der Waals surface area contributed by atoms with Gasteiger partial charge in [0.1, 0.15) is 23.0 Å². The number of hydrogen-bond donors (Lipinski definition) is 3. The number of carbonyl (C=O) groups excluding carboxylic acids is 1. The molecule has 5 rings (SSSR count). The number of furan rings is 1. The van der Waals surface area contributed by atoms with E-state index < -0.39 is 24.2 Å². The normalized spacial score (nSPS) is 14.0. The van der Waals surface area contributed by atoms with Gasteiger partial charge in [0.2, 0.25) is 0 Å². The van der Waals surface area contributed by atoms with Crippen molar-refractivity contribution in [2.75, 3.05) is 11.4 Å². The first-order valence-electron chi connectivity index (χ1n) is 11.5. The van der Waals surface area contributed by atoms with Crippen molar-refractivity contribution in [1.82, 2.24) is 10.3 Å². The minimum absolute atomic E-state index is 0.0478. The molecule has 2 aromatic heterocycles. The fourth-order valence-electron chi connectivity index (χ4n) is 4.33. The van der Waals surface area contributed by atoms with Crippen molar-refractivity contribution in [3.63, 3.8) is 0 Å². The van der Waals surface area contributed by atoms with Gasteiger partial charge in [-0.05, 0) is 72.4 Å². The predicted molar refractivity (Wildman–Crippen MR) is 136 cm³/mol. The second-order valence-electron chi connectivity index (χ2n) is 8.79. The summed E-state index contributed by atoms with van der Waals surface area (Å²) < 4.78 is 45.0. The Labute approximate surface area is 214 Å². The first kappa shape index (κ1) is 25.1. The van der Waals surface area contributed by atoms with Crippen molar-refractivity contribution >= 4 is 46.5 Å². The molecule has 1 aliphatic carbocycles. The summed E-state index contributed by atoms with van der Waals surface area (Å²) in [6.45, 7) is -0.0478. The number of hydrogen-bond acceptors (Lipinski definition) is 7. The van der Waals surface area contributed by atoms with Gasteiger partial charge < -0.3 is 24.3 Å². The van der Waals surface area contributed by atoms with Crippen molar-refractivity contribution in [3.05, 3.63) is 77.2 Å². The Morgan fingerprint density at radius 2 is 1.97 bits per heavy atom. The summed E-state index contributed by atoms with van der Waals surface area (Å²) in [6, 6.07) is 12.0. The molecule has 0 spiro atoms. The highest BCUT2D eigenvalue weighted by atomic mass is 32.2. The van der Waals surface area contributed by atoms with Gasteiger partial charge in [-0.2, -0.15) is 0 Å². The lowest BCUT2D eigenvalue weighted by Gasteiger charge is -2.26. The summed E-state index contributed by atoms with van der Waals surface area (Å²) in [5.41, 5.74) is 2.97. The maximum atomic E-state index is 13.5. The molecular weight excluding hydrogens is 500 g/mol. The third-order valence-corrected chi connectivity index (χ3v) is 7.02. The fraction of sp³-hybridized carbons (Fsp3) is 0.200. The number of fused-ring (bicyclic) bond motifs is 1. The predicted octanol–water partition coefficient (Wildman–Crippen LogP) is 2.35. The highest BCUT2D eigenvalue weighted by Gasteiger charge is 2.30. The quantitative estimate of drug-likeness (QED) is 0.239. The van der Waals surface area contributed by atoms with Crippen LogP contribution < -0.4 is 15.1 Å². The summed E-state index contributed by atoms with van der Waals surface area (Å²) >= 11 is -2.68. The topological polar surface area (TPSA) is 139 Å². The van der Waals surface area contributed by atoms with Crippen LogP contribution in [0.3, 0.4) is 0 Å². The van der Waals surface area contributed by atoms with Gasteiger partial charge in [0, 0.05) is 40.9 Å². The van der Waals surface area contributed by atoms with E-state index >= 15 is 0 Å². The summed E-state index contributed by atoms with van der Waals surface area (Å²) in [5, 5.41) is 21.8. The van der Waals surface area contributed by atoms with Crippen molar-refractivity contribution in [3.8, 4) is 11.3 Å². The monoisotopic (exact) mass is 522 g/mol. The van der Waals surface area contributed by atoms with Crippen LogP contribution in [0.1, 0.15) is 40.2 Å². The second kappa shape index (κ2) is 10.1. The molecule has 0 saturated heterocycles. The Hall–Kier alpha value is -3.58. The Morgan fingerprint density at radius 1 is 1.24 bits per heavy atom. The molecule has 1 fully saturated rings. The van der Waals surface area contributed by atoms with Gasteiger partial charge >= 0.3 is 7.12 Å². The SMILES string of the molecule is CNC(=O)c1c(-c2ccc(F)cc2)oc2cc(CN(c3ccc(B(O)O)cn3)S(=O)[O-])c(C3CC3)cc12. The van der Waals surface area contributed by atoms with Gasteiger partial charge in [0.15, 0.2) is 0 Å². The second-order valence-corrected chi connectivity index (χ2v) is 9.67. The lowest BCUT2D eigenvalue weighted by Crippen LogP contribution is -2.31. The number of nitrogens with one attached hydrogen (secondary N) is 1. The molecule has 37 heavy (non-hydrogen) atoms. The number of halogens is 1. The number of nitrogens with zero attached hydrogens (tertiary/aromatic N) is 2. The third-order valence-electron chi connectivity index (χ3n) is 6.35. The summed E-state index contributed by atoms with van der Waals surface area (Å²) in [5.74, 6) is -0.164. The minimum Gasteiger partial charge on any atom is -0.755 e. The zero-order valence-corrected chi connectivity index (χ0v) is 20.5. The first-order chi connectivity index (χ1) is 17.8. The highest BCUT2D eigenvalue weighted by molar-refractivity contribution is 7.80. The number of pyridine rings is 1. The van der Waals surface area contributed by atoms with E-state index in [-0.39, 0.29) is 35.4 Å². The molecule has 12 heteroatoms. The average molecular weight is 522 g/mol. The zero-order valence-electron chi connectivity index (χ0n) is 19.7. The lowest BCUT2D eigenvalue weighted by molar-refractivity contribution is 0.0964. The molecule has 2 aromatic carbocycles. The van der Waals surface area contributed by atoms with Crippen LogP contribution in [-0.4, -0.2) is 43.9 Å². The minimum atomic E-state index is -2.68. The number of benzene rings is 2. The number of carbonyl (C=O) groups is 1. The van der Waals surface area contributed by atoms with Gasteiger partial charge in [-0.15, -0.1) is 0 Å². The average Bonchev–Trinajstić information content (AvgIpc) is 3.67. The van der Waals surface area contributed by atoms with Crippen LogP contribution in [0.25, 0.3) is 22.3 Å². The Balaban J connectivity index is 1.62. The van der Waals surface area contributed by atoms with Crippen LogP contribution in [0.15, 0.2) is 59.1 Å². The lowest BCUT2D eigenvalue weighted by atomic mass is 9.82. The van der Waals surface area contributed by atoms with E-state index in [1.807, 2.05) is 6.07 Å². The maximum absolute atomic E-state index is 13.5. The fourth-order valence-corrected chi connectivity index (χ4v) is 4.84. The highest BCUT2D eigenvalue weighted by Crippen LogP contribution is 2.45. The maximum Gasteiger partial charge on any atom is 0.490 e. The van der Waals surface area contributed by atoms with Crippen LogP contribution in [0.2, 0.25) is 0 Å². The number of amides is 1. The molecule has 1 atom stereocenters. The summed E-state index contributed by atoms with van der Waals surface area (Å²) in [7, 11) is -0.207. The smallest absolute Gasteiger partial charge is 0.490 e. The van der Waals surface area contributed by atoms with Crippen LogP contribution >= 0.6 is 0 Å². The molecule has 1 amide bonds. The van der Waals surface area contributed by atoms with Crippen LogP contribution in [0.5, 0.6) is 0 Å². The summed E-state index contributed by atoms with van der Waals surface area (Å²) in [6.07, 6.45) is 3.05. The number of rotatable bonds is 8. The van der Waals surface area contributed by atoms with E-state index in [4.69, 9.17) is 4.42 Å².